The van der Waals surface area contributed by atoms with Gasteiger partial charge in [-0.05, 0) is 37.3 Å². The number of carbonyl (C=O) groups is 1. The van der Waals surface area contributed by atoms with Crippen molar-refractivity contribution in [3.8, 4) is 5.75 Å². The van der Waals surface area contributed by atoms with Gasteiger partial charge in [0.25, 0.3) is 5.91 Å². The zero-order valence-corrected chi connectivity index (χ0v) is 17.7. The summed E-state index contributed by atoms with van der Waals surface area (Å²) in [6.07, 6.45) is 1.49. The van der Waals surface area contributed by atoms with E-state index in [9.17, 15) is 18.7 Å². The van der Waals surface area contributed by atoms with Crippen molar-refractivity contribution in [3.63, 3.8) is 0 Å². The fourth-order valence-electron chi connectivity index (χ4n) is 3.26. The molecule has 0 fully saturated rings. The summed E-state index contributed by atoms with van der Waals surface area (Å²) in [6, 6.07) is 11.4. The number of amides is 1. The number of para-hydroxylation sites is 2. The molecule has 33 heavy (non-hydrogen) atoms. The Morgan fingerprint density at radius 3 is 2.70 bits per heavy atom. The van der Waals surface area contributed by atoms with Gasteiger partial charge in [-0.15, -0.1) is 0 Å². The molecule has 7 nitrogen and oxygen atoms in total. The van der Waals surface area contributed by atoms with Crippen LogP contribution in [0.1, 0.15) is 21.6 Å². The van der Waals surface area contributed by atoms with Crippen LogP contribution in [0.2, 0.25) is 0 Å². The van der Waals surface area contributed by atoms with Gasteiger partial charge >= 0.3 is 0 Å². The Hall–Kier alpha value is -4.11. The number of benzene rings is 2. The number of halogens is 2. The Morgan fingerprint density at radius 2 is 1.97 bits per heavy atom. The van der Waals surface area contributed by atoms with Crippen molar-refractivity contribution in [2.24, 2.45) is 4.99 Å². The van der Waals surface area contributed by atoms with Crippen molar-refractivity contribution in [3.05, 3.63) is 88.7 Å². The van der Waals surface area contributed by atoms with Gasteiger partial charge in [0.2, 0.25) is 5.55 Å². The van der Waals surface area contributed by atoms with Gasteiger partial charge in [-0.1, -0.05) is 12.1 Å². The number of aromatic nitrogens is 1. The van der Waals surface area contributed by atoms with Gasteiger partial charge in [0.15, 0.2) is 17.2 Å². The van der Waals surface area contributed by atoms with E-state index in [1.165, 1.54) is 25.4 Å². The maximum atomic E-state index is 13.6. The molecular formula is C24H19F2N3O4. The number of aliphatic hydroxyl groups is 1. The molecule has 2 aromatic heterocycles. The van der Waals surface area contributed by atoms with Gasteiger partial charge in [-0.3, -0.25) is 9.78 Å². The van der Waals surface area contributed by atoms with Crippen molar-refractivity contribution >= 4 is 28.3 Å². The third-order valence-electron chi connectivity index (χ3n) is 4.95. The maximum Gasteiger partial charge on any atom is 0.261 e. The SMILES string of the molecule is COc1ccccc1N=c1oc2c(C)ncc(CO)c2cc1C(=O)Nc1ccc(F)c(F)c1. The number of aryl methyl sites for hydroxylation is 1. The van der Waals surface area contributed by atoms with Crippen LogP contribution < -0.4 is 15.6 Å². The molecule has 2 heterocycles. The summed E-state index contributed by atoms with van der Waals surface area (Å²) in [4.78, 5) is 21.8. The molecular weight excluding hydrogens is 432 g/mol. The Bertz CT molecular complexity index is 1430. The number of anilines is 1. The van der Waals surface area contributed by atoms with Gasteiger partial charge < -0.3 is 19.6 Å². The molecule has 0 bridgehead atoms. The minimum Gasteiger partial charge on any atom is -0.494 e. The summed E-state index contributed by atoms with van der Waals surface area (Å²) in [5, 5.41) is 12.7. The van der Waals surface area contributed by atoms with Gasteiger partial charge in [-0.25, -0.2) is 13.8 Å². The number of methoxy groups -OCH3 is 1. The van der Waals surface area contributed by atoms with Crippen molar-refractivity contribution < 1.29 is 27.8 Å². The summed E-state index contributed by atoms with van der Waals surface area (Å²) in [7, 11) is 1.49. The van der Waals surface area contributed by atoms with Crippen LogP contribution in [0.3, 0.4) is 0 Å². The average Bonchev–Trinajstić information content (AvgIpc) is 2.82. The lowest BCUT2D eigenvalue weighted by molar-refractivity contribution is 0.102. The van der Waals surface area contributed by atoms with Gasteiger partial charge in [0, 0.05) is 28.9 Å². The second kappa shape index (κ2) is 9.17. The molecule has 0 aliphatic rings. The topological polar surface area (TPSA) is 97.0 Å². The first-order valence-electron chi connectivity index (χ1n) is 9.88. The highest BCUT2D eigenvalue weighted by Crippen LogP contribution is 2.27. The molecule has 0 aliphatic heterocycles. The van der Waals surface area contributed by atoms with Crippen LogP contribution in [0.25, 0.3) is 11.0 Å². The van der Waals surface area contributed by atoms with E-state index in [4.69, 9.17) is 9.15 Å². The van der Waals surface area contributed by atoms with Crippen LogP contribution >= 0.6 is 0 Å². The number of hydrogen-bond acceptors (Lipinski definition) is 6. The fourth-order valence-corrected chi connectivity index (χ4v) is 3.26. The molecule has 9 heteroatoms. The first-order chi connectivity index (χ1) is 15.9. The van der Waals surface area contributed by atoms with E-state index in [0.717, 1.165) is 12.1 Å². The van der Waals surface area contributed by atoms with Crippen LogP contribution in [0, 0.1) is 18.6 Å². The Kier molecular flexibility index (Phi) is 6.14. The van der Waals surface area contributed by atoms with Crippen LogP contribution in [0.15, 0.2) is 64.1 Å². The number of hydrogen-bond donors (Lipinski definition) is 2. The number of nitrogens with one attached hydrogen (secondary N) is 1. The van der Waals surface area contributed by atoms with E-state index in [-0.39, 0.29) is 23.4 Å². The zero-order chi connectivity index (χ0) is 23.5. The summed E-state index contributed by atoms with van der Waals surface area (Å²) in [6.45, 7) is 1.40. The lowest BCUT2D eigenvalue weighted by atomic mass is 10.1. The predicted octanol–water partition coefficient (Wildman–Crippen LogP) is 4.40. The van der Waals surface area contributed by atoms with Crippen LogP contribution in [-0.2, 0) is 6.61 Å². The summed E-state index contributed by atoms with van der Waals surface area (Å²) in [5.74, 6) is -2.34. The second-order valence-corrected chi connectivity index (χ2v) is 7.10. The molecule has 0 saturated carbocycles. The number of ether oxygens (including phenoxy) is 1. The number of carbonyl (C=O) groups excluding carboxylic acids is 1. The van der Waals surface area contributed by atoms with Crippen molar-refractivity contribution in [2.45, 2.75) is 13.5 Å². The molecule has 0 atom stereocenters. The summed E-state index contributed by atoms with van der Waals surface area (Å²) < 4.78 is 38.2. The Morgan fingerprint density at radius 1 is 1.18 bits per heavy atom. The maximum absolute atomic E-state index is 13.6. The van der Waals surface area contributed by atoms with Crippen LogP contribution in [-0.4, -0.2) is 23.1 Å². The number of fused-ring (bicyclic) bond motifs is 1. The standard InChI is InChI=1S/C24H19F2N3O4/c1-13-22-16(14(12-30)11-27-13)10-17(23(31)28-15-7-8-18(25)19(26)9-15)24(33-22)29-20-5-3-4-6-21(20)32-2/h3-11,30H,12H2,1-2H3,(H,28,31). The van der Waals surface area contributed by atoms with Crippen LogP contribution in [0.5, 0.6) is 5.75 Å². The molecule has 168 valence electrons. The average molecular weight is 451 g/mol. The van der Waals surface area contributed by atoms with E-state index < -0.39 is 17.5 Å². The third-order valence-corrected chi connectivity index (χ3v) is 4.95. The number of rotatable bonds is 5. The molecule has 0 radical (unpaired) electrons. The molecule has 1 amide bonds. The molecule has 2 N–H and O–H groups in total. The van der Waals surface area contributed by atoms with Crippen molar-refractivity contribution in [2.75, 3.05) is 12.4 Å². The summed E-state index contributed by atoms with van der Waals surface area (Å²) >= 11 is 0. The van der Waals surface area contributed by atoms with Crippen molar-refractivity contribution in [1.29, 1.82) is 0 Å². The molecule has 4 aromatic rings. The highest BCUT2D eigenvalue weighted by molar-refractivity contribution is 6.05. The van der Waals surface area contributed by atoms with E-state index in [0.29, 0.717) is 33.7 Å². The lowest BCUT2D eigenvalue weighted by Gasteiger charge is -2.10. The van der Waals surface area contributed by atoms with E-state index in [2.05, 4.69) is 15.3 Å². The molecule has 0 spiro atoms. The number of aliphatic hydroxyl groups excluding tert-OH is 1. The highest BCUT2D eigenvalue weighted by atomic mass is 19.2. The highest BCUT2D eigenvalue weighted by Gasteiger charge is 2.17. The minimum atomic E-state index is -1.10. The van der Waals surface area contributed by atoms with Crippen molar-refractivity contribution in [1.82, 2.24) is 4.98 Å². The Labute approximate surface area is 187 Å². The van der Waals surface area contributed by atoms with Crippen LogP contribution in [0.4, 0.5) is 20.2 Å². The molecule has 2 aromatic carbocycles. The van der Waals surface area contributed by atoms with Gasteiger partial charge in [0.1, 0.15) is 17.0 Å². The van der Waals surface area contributed by atoms with Gasteiger partial charge in [-0.2, -0.15) is 0 Å². The third kappa shape index (κ3) is 4.44. The normalized spacial score (nSPS) is 11.6. The molecule has 0 aliphatic carbocycles. The predicted molar refractivity (Wildman–Crippen MR) is 117 cm³/mol. The number of nitrogens with zero attached hydrogens (tertiary/aromatic N) is 2. The largest absolute Gasteiger partial charge is 0.494 e. The zero-order valence-electron chi connectivity index (χ0n) is 17.7. The fraction of sp³-hybridized carbons (Fsp3) is 0.125. The smallest absolute Gasteiger partial charge is 0.261 e. The first kappa shape index (κ1) is 22.1. The molecule has 4 rings (SSSR count). The van der Waals surface area contributed by atoms with E-state index in [1.807, 2.05) is 0 Å². The lowest BCUT2D eigenvalue weighted by Crippen LogP contribution is -2.22. The minimum absolute atomic E-state index is 0.0124. The first-order valence-corrected chi connectivity index (χ1v) is 9.88. The summed E-state index contributed by atoms with van der Waals surface area (Å²) in [5.41, 5.74) is 1.76. The second-order valence-electron chi connectivity index (χ2n) is 7.10. The van der Waals surface area contributed by atoms with Gasteiger partial charge in [0.05, 0.1) is 19.4 Å². The Balaban J connectivity index is 1.93. The monoisotopic (exact) mass is 451 g/mol. The molecule has 0 unspecified atom stereocenters. The van der Waals surface area contributed by atoms with E-state index >= 15 is 0 Å². The number of pyridine rings is 1. The quantitative estimate of drug-likeness (QED) is 0.469. The molecule has 0 saturated heterocycles. The van der Waals surface area contributed by atoms with E-state index in [1.54, 1.807) is 31.2 Å².